The van der Waals surface area contributed by atoms with E-state index in [0.717, 1.165) is 40.5 Å². The van der Waals surface area contributed by atoms with Crippen molar-refractivity contribution in [3.8, 4) is 0 Å². The summed E-state index contributed by atoms with van der Waals surface area (Å²) >= 11 is 1.46. The molecule has 2 aromatic heterocycles. The lowest BCUT2D eigenvalue weighted by Gasteiger charge is -2.10. The zero-order valence-electron chi connectivity index (χ0n) is 12.7. The third-order valence-corrected chi connectivity index (χ3v) is 4.84. The van der Waals surface area contributed by atoms with E-state index in [0.29, 0.717) is 6.54 Å². The van der Waals surface area contributed by atoms with Crippen LogP contribution in [0.25, 0.3) is 10.9 Å². The van der Waals surface area contributed by atoms with Crippen LogP contribution in [0, 0.1) is 6.92 Å². The summed E-state index contributed by atoms with van der Waals surface area (Å²) in [6.07, 6.45) is 3.93. The zero-order chi connectivity index (χ0) is 15.6. The minimum Gasteiger partial charge on any atom is -0.376 e. The molecule has 1 aromatic carbocycles. The van der Waals surface area contributed by atoms with E-state index in [2.05, 4.69) is 38.5 Å². The number of ether oxygens (including phenoxy) is 1. The van der Waals surface area contributed by atoms with E-state index in [-0.39, 0.29) is 6.10 Å². The molecule has 1 saturated heterocycles. The van der Waals surface area contributed by atoms with E-state index in [1.165, 1.54) is 17.3 Å². The van der Waals surface area contributed by atoms with Crippen LogP contribution in [0.1, 0.15) is 18.4 Å². The Labute approximate surface area is 137 Å². The van der Waals surface area contributed by atoms with Gasteiger partial charge in [-0.3, -0.25) is 0 Å². The molecule has 1 unspecified atom stereocenters. The molecule has 3 aromatic rings. The minimum absolute atomic E-state index is 0.197. The maximum absolute atomic E-state index is 5.67. The number of hydrogen-bond donors (Lipinski definition) is 0. The van der Waals surface area contributed by atoms with E-state index < -0.39 is 0 Å². The van der Waals surface area contributed by atoms with Crippen LogP contribution in [0.2, 0.25) is 0 Å². The number of aromatic nitrogens is 6. The van der Waals surface area contributed by atoms with Crippen molar-refractivity contribution in [1.82, 2.24) is 30.2 Å². The Hall–Kier alpha value is -2.06. The molecule has 0 aliphatic carbocycles. The van der Waals surface area contributed by atoms with Gasteiger partial charge in [-0.1, -0.05) is 11.6 Å². The number of nitrogens with zero attached hydrogens (tertiary/aromatic N) is 6. The highest BCUT2D eigenvalue weighted by Gasteiger charge is 2.20. The summed E-state index contributed by atoms with van der Waals surface area (Å²) in [5.74, 6) is 0. The fraction of sp³-hybridized carbons (Fsp3) is 0.400. The van der Waals surface area contributed by atoms with Crippen molar-refractivity contribution < 1.29 is 4.74 Å². The van der Waals surface area contributed by atoms with E-state index >= 15 is 0 Å². The smallest absolute Gasteiger partial charge is 0.215 e. The third kappa shape index (κ3) is 3.04. The fourth-order valence-electron chi connectivity index (χ4n) is 2.68. The third-order valence-electron chi connectivity index (χ3n) is 3.84. The predicted molar refractivity (Wildman–Crippen MR) is 85.2 cm³/mol. The van der Waals surface area contributed by atoms with Crippen molar-refractivity contribution in [2.24, 2.45) is 0 Å². The number of fused-ring (bicyclic) bond motifs is 1. The Bertz CT molecular complexity index is 830. The van der Waals surface area contributed by atoms with Crippen LogP contribution in [0.3, 0.4) is 0 Å². The monoisotopic (exact) mass is 328 g/mol. The van der Waals surface area contributed by atoms with Gasteiger partial charge in [0.2, 0.25) is 5.16 Å². The van der Waals surface area contributed by atoms with Crippen molar-refractivity contribution in [3.63, 3.8) is 0 Å². The first kappa shape index (κ1) is 14.5. The van der Waals surface area contributed by atoms with Crippen LogP contribution in [0.5, 0.6) is 0 Å². The molecular formula is C15H16N6OS. The molecule has 118 valence electrons. The summed E-state index contributed by atoms with van der Waals surface area (Å²) in [5, 5.41) is 14.6. The number of hydrogen-bond acceptors (Lipinski definition) is 7. The molecule has 0 radical (unpaired) electrons. The van der Waals surface area contributed by atoms with Gasteiger partial charge in [-0.05, 0) is 54.1 Å². The highest BCUT2D eigenvalue weighted by Crippen LogP contribution is 2.30. The molecule has 7 nitrogen and oxygen atoms in total. The van der Waals surface area contributed by atoms with Crippen LogP contribution in [0.15, 0.2) is 34.7 Å². The molecule has 0 N–H and O–H groups in total. The van der Waals surface area contributed by atoms with Crippen LogP contribution in [-0.2, 0) is 11.3 Å². The van der Waals surface area contributed by atoms with Crippen molar-refractivity contribution in [3.05, 3.63) is 30.1 Å². The first-order valence-electron chi connectivity index (χ1n) is 7.56. The summed E-state index contributed by atoms with van der Waals surface area (Å²) in [4.78, 5) is 8.72. The molecule has 1 fully saturated rings. The number of tetrazole rings is 1. The van der Waals surface area contributed by atoms with Crippen LogP contribution >= 0.6 is 11.8 Å². The Balaban J connectivity index is 1.63. The van der Waals surface area contributed by atoms with Gasteiger partial charge in [0.05, 0.1) is 18.2 Å². The first-order valence-corrected chi connectivity index (χ1v) is 8.38. The topological polar surface area (TPSA) is 78.6 Å². The van der Waals surface area contributed by atoms with E-state index in [1.54, 1.807) is 11.0 Å². The normalized spacial score (nSPS) is 17.9. The maximum atomic E-state index is 5.67. The fourth-order valence-corrected chi connectivity index (χ4v) is 3.52. The van der Waals surface area contributed by atoms with Crippen molar-refractivity contribution >= 4 is 22.7 Å². The number of benzene rings is 1. The molecule has 1 aliphatic rings. The van der Waals surface area contributed by atoms with Gasteiger partial charge in [0, 0.05) is 12.0 Å². The second-order valence-electron chi connectivity index (χ2n) is 5.58. The highest BCUT2D eigenvalue weighted by atomic mass is 32.2. The van der Waals surface area contributed by atoms with Gasteiger partial charge in [-0.2, -0.15) is 0 Å². The van der Waals surface area contributed by atoms with Crippen LogP contribution < -0.4 is 0 Å². The lowest BCUT2D eigenvalue weighted by Crippen LogP contribution is -2.16. The summed E-state index contributed by atoms with van der Waals surface area (Å²) in [6, 6.07) is 6.14. The molecule has 0 saturated carbocycles. The SMILES string of the molecule is Cc1ccc2ncnc(Sc3nnnn3CC3CCCO3)c2c1. The molecule has 0 bridgehead atoms. The molecular weight excluding hydrogens is 312 g/mol. The molecule has 8 heteroatoms. The van der Waals surface area contributed by atoms with Gasteiger partial charge in [-0.25, -0.2) is 14.6 Å². The van der Waals surface area contributed by atoms with Crippen LogP contribution in [0.4, 0.5) is 0 Å². The van der Waals surface area contributed by atoms with E-state index in [1.807, 2.05) is 12.1 Å². The summed E-state index contributed by atoms with van der Waals surface area (Å²) in [7, 11) is 0. The first-order chi connectivity index (χ1) is 11.3. The molecule has 23 heavy (non-hydrogen) atoms. The van der Waals surface area contributed by atoms with E-state index in [9.17, 15) is 0 Å². The molecule has 1 aliphatic heterocycles. The van der Waals surface area contributed by atoms with Gasteiger partial charge < -0.3 is 4.74 Å². The highest BCUT2D eigenvalue weighted by molar-refractivity contribution is 7.99. The Kier molecular flexibility index (Phi) is 3.92. The molecule has 0 spiro atoms. The predicted octanol–water partition coefficient (Wildman–Crippen LogP) is 2.25. The largest absolute Gasteiger partial charge is 0.376 e. The second-order valence-corrected chi connectivity index (χ2v) is 6.54. The quantitative estimate of drug-likeness (QED) is 0.680. The lowest BCUT2D eigenvalue weighted by molar-refractivity contribution is 0.0912. The Morgan fingerprint density at radius 2 is 2.30 bits per heavy atom. The minimum atomic E-state index is 0.197. The lowest BCUT2D eigenvalue weighted by atomic mass is 10.2. The van der Waals surface area contributed by atoms with E-state index in [4.69, 9.17) is 4.74 Å². The molecule has 0 amide bonds. The standard InChI is InChI=1S/C15H16N6OS/c1-10-4-5-13-12(7-10)14(17-9-16-13)23-15-18-19-20-21(15)8-11-3-2-6-22-11/h4-5,7,9,11H,2-3,6,8H2,1H3. The molecule has 4 rings (SSSR count). The van der Waals surface area contributed by atoms with Crippen molar-refractivity contribution in [2.45, 2.75) is 42.6 Å². The average molecular weight is 328 g/mol. The van der Waals surface area contributed by atoms with Crippen molar-refractivity contribution in [1.29, 1.82) is 0 Å². The molecule has 1 atom stereocenters. The van der Waals surface area contributed by atoms with Gasteiger partial charge in [0.25, 0.3) is 0 Å². The van der Waals surface area contributed by atoms with Crippen LogP contribution in [-0.4, -0.2) is 42.9 Å². The summed E-state index contributed by atoms with van der Waals surface area (Å²) in [6.45, 7) is 3.56. The number of aryl methyl sites for hydroxylation is 1. The Morgan fingerprint density at radius 1 is 1.35 bits per heavy atom. The van der Waals surface area contributed by atoms with Gasteiger partial charge in [-0.15, -0.1) is 5.10 Å². The van der Waals surface area contributed by atoms with Gasteiger partial charge in [0.15, 0.2) is 0 Å². The van der Waals surface area contributed by atoms with Crippen molar-refractivity contribution in [2.75, 3.05) is 6.61 Å². The number of rotatable bonds is 4. The van der Waals surface area contributed by atoms with Gasteiger partial charge in [0.1, 0.15) is 11.4 Å². The van der Waals surface area contributed by atoms with Gasteiger partial charge >= 0.3 is 0 Å². The summed E-state index contributed by atoms with van der Waals surface area (Å²) < 4.78 is 7.46. The second kappa shape index (κ2) is 6.21. The zero-order valence-corrected chi connectivity index (χ0v) is 13.5. The maximum Gasteiger partial charge on any atom is 0.215 e. The Morgan fingerprint density at radius 3 is 3.17 bits per heavy atom. The average Bonchev–Trinajstić information content (AvgIpc) is 3.21. The summed E-state index contributed by atoms with van der Waals surface area (Å²) in [5.41, 5.74) is 2.10. The molecule has 3 heterocycles.